The van der Waals surface area contributed by atoms with Crippen LogP contribution in [0, 0.1) is 11.8 Å². The number of nitrogens with one attached hydrogen (secondary N) is 2. The Morgan fingerprint density at radius 1 is 0.730 bits per heavy atom. The van der Waals surface area contributed by atoms with Gasteiger partial charge in [-0.3, -0.25) is 14.5 Å². The van der Waals surface area contributed by atoms with Crippen molar-refractivity contribution in [2.75, 3.05) is 45.0 Å². The van der Waals surface area contributed by atoms with Crippen LogP contribution in [0.5, 0.6) is 11.5 Å². The molecule has 322 valence electrons. The van der Waals surface area contributed by atoms with Gasteiger partial charge in [0.05, 0.1) is 51.7 Å². The Labute approximate surface area is 375 Å². The van der Waals surface area contributed by atoms with E-state index in [2.05, 4.69) is 66.6 Å². The Kier molecular flexibility index (Phi) is 10.2. The fourth-order valence-corrected chi connectivity index (χ4v) is 13.3. The van der Waals surface area contributed by atoms with Crippen LogP contribution in [0.25, 0.3) is 40.9 Å². The average Bonchev–Trinajstić information content (AvgIpc) is 4.16. The Morgan fingerprint density at radius 2 is 1.27 bits per heavy atom. The summed E-state index contributed by atoms with van der Waals surface area (Å²) in [7, 11) is 5.43. The van der Waals surface area contributed by atoms with E-state index < -0.39 is 5.97 Å². The van der Waals surface area contributed by atoms with Crippen molar-refractivity contribution < 1.29 is 24.2 Å². The number of carboxylic acid groups (broad SMARTS) is 1. The van der Waals surface area contributed by atoms with E-state index in [1.54, 1.807) is 43.2 Å². The molecule has 0 radical (unpaired) electrons. The van der Waals surface area contributed by atoms with Crippen molar-refractivity contribution in [1.82, 2.24) is 48.9 Å². The Morgan fingerprint density at radius 3 is 1.76 bits per heavy atom. The van der Waals surface area contributed by atoms with Crippen LogP contribution in [-0.2, 0) is 35.3 Å². The number of ether oxygens (including phenoxy) is 2. The number of methoxy groups -OCH3 is 2. The third kappa shape index (κ3) is 7.14. The molecule has 4 atom stereocenters. The number of amides is 1. The molecule has 8 heterocycles. The number of hydrogen-bond donors (Lipinski definition) is 3. The number of likely N-dealkylation sites (N-methyl/N-ethyl adjacent to an activating group) is 1. The van der Waals surface area contributed by atoms with Gasteiger partial charge in [0.1, 0.15) is 56.5 Å². The molecule has 63 heavy (non-hydrogen) atoms. The molecule has 2 aliphatic carbocycles. The highest BCUT2D eigenvalue weighted by atomic mass is 32.1. The first kappa shape index (κ1) is 40.1. The summed E-state index contributed by atoms with van der Waals surface area (Å²) in [4.78, 5) is 51.6. The number of benzene rings is 2. The van der Waals surface area contributed by atoms with E-state index in [0.717, 1.165) is 107 Å². The second-order valence-corrected chi connectivity index (χ2v) is 20.1. The first-order chi connectivity index (χ1) is 30.7. The van der Waals surface area contributed by atoms with Crippen molar-refractivity contribution in [3.8, 4) is 11.5 Å². The molecule has 21 heteroatoms. The number of hydrogen-bond acceptors (Lipinski definition) is 19. The summed E-state index contributed by atoms with van der Waals surface area (Å²) in [5.41, 5.74) is 5.63. The summed E-state index contributed by atoms with van der Waals surface area (Å²) in [5.74, 6) is 2.16. The molecule has 17 nitrogen and oxygen atoms in total. The van der Waals surface area contributed by atoms with Crippen LogP contribution in [0.4, 0.5) is 23.0 Å². The van der Waals surface area contributed by atoms with Gasteiger partial charge in [0, 0.05) is 53.0 Å². The fourth-order valence-electron chi connectivity index (χ4n) is 9.61. The van der Waals surface area contributed by atoms with E-state index in [1.807, 2.05) is 24.3 Å². The summed E-state index contributed by atoms with van der Waals surface area (Å²) in [6.07, 6.45) is 8.68. The maximum Gasteiger partial charge on any atom is 0.306 e. The van der Waals surface area contributed by atoms with Crippen molar-refractivity contribution in [2.24, 2.45) is 11.8 Å². The zero-order valence-corrected chi connectivity index (χ0v) is 37.6. The number of aryl methyl sites for hydroxylation is 2. The maximum atomic E-state index is 13.4. The maximum absolute atomic E-state index is 13.4. The minimum Gasteiger partial charge on any atom is -0.494 e. The smallest absolute Gasteiger partial charge is 0.306 e. The number of carboxylic acids is 1. The molecule has 6 aromatic heterocycles. The lowest BCUT2D eigenvalue weighted by atomic mass is 9.86. The molecule has 3 N–H and O–H groups in total. The number of aromatic nitrogens is 8. The number of nitrogens with zero attached hydrogens (tertiary/aromatic N) is 10. The van der Waals surface area contributed by atoms with Crippen molar-refractivity contribution in [3.05, 3.63) is 57.8 Å². The van der Waals surface area contributed by atoms with E-state index in [4.69, 9.17) is 9.47 Å². The topological polar surface area (TPSA) is 206 Å². The number of carbonyl (C=O) groups is 2. The van der Waals surface area contributed by atoms with Crippen LogP contribution in [0.1, 0.15) is 40.1 Å². The molecule has 4 aliphatic rings. The van der Waals surface area contributed by atoms with Crippen LogP contribution in [0.3, 0.4) is 0 Å². The standard InChI is InChI=1S/C24H25N7O2S2.C18H15N5O3S2/c1-30-9-14-6-13(30)10-31(14)24(32)12-3-4-15-19(5-12)34-23-21(15)22(25-11-26-23)27-16-8-20-17(28-29-35-20)7-18(16)33-2;1-26-12-5-11-14(28-23-22-11)6-10(12)21-16-15-9-3-2-8(18(24)25)4-13(9)27-17(15)20-7-19-16/h7-8,11-14H,3-6,9-10H2,1-2H3,(H,25,26,27);5-8H,2-4H2,1H3,(H,24,25)(H,19,20,21)/t12-,13+,14+;8-/m00/s1. The van der Waals surface area contributed by atoms with E-state index in [0.29, 0.717) is 54.6 Å². The first-order valence-corrected chi connectivity index (χ1v) is 23.8. The second kappa shape index (κ2) is 16.1. The molecule has 0 saturated carbocycles. The zero-order chi connectivity index (χ0) is 42.9. The fraction of sp³-hybridized carbons (Fsp3) is 0.381. The molecule has 2 aromatic carbocycles. The van der Waals surface area contributed by atoms with Gasteiger partial charge in [0.15, 0.2) is 0 Å². The van der Waals surface area contributed by atoms with Crippen molar-refractivity contribution in [1.29, 1.82) is 0 Å². The van der Waals surface area contributed by atoms with Gasteiger partial charge >= 0.3 is 5.97 Å². The number of piperazine rings is 1. The van der Waals surface area contributed by atoms with E-state index >= 15 is 0 Å². The Bertz CT molecular complexity index is 3090. The van der Waals surface area contributed by atoms with Gasteiger partial charge in [-0.1, -0.05) is 8.98 Å². The summed E-state index contributed by atoms with van der Waals surface area (Å²) >= 11 is 5.92. The molecular formula is C42H40N12O5S4. The van der Waals surface area contributed by atoms with Crippen LogP contribution in [-0.4, -0.2) is 112 Å². The predicted octanol–water partition coefficient (Wildman–Crippen LogP) is 7.11. The quantitative estimate of drug-likeness (QED) is 0.139. The van der Waals surface area contributed by atoms with Crippen LogP contribution in [0.15, 0.2) is 36.9 Å². The van der Waals surface area contributed by atoms with E-state index in [1.165, 1.54) is 39.8 Å². The summed E-state index contributed by atoms with van der Waals surface area (Å²) in [5, 5.41) is 26.5. The number of fused-ring (bicyclic) bond motifs is 10. The highest BCUT2D eigenvalue weighted by molar-refractivity contribution is 7.19. The minimum atomic E-state index is -0.733. The van der Waals surface area contributed by atoms with Crippen molar-refractivity contribution in [3.63, 3.8) is 0 Å². The van der Waals surface area contributed by atoms with Crippen LogP contribution in [0.2, 0.25) is 0 Å². The van der Waals surface area contributed by atoms with Crippen molar-refractivity contribution in [2.45, 2.75) is 57.0 Å². The van der Waals surface area contributed by atoms with Crippen molar-refractivity contribution >= 4 is 121 Å². The molecular weight excluding hydrogens is 881 g/mol. The minimum absolute atomic E-state index is 0.0610. The third-order valence-electron chi connectivity index (χ3n) is 12.8. The Balaban J connectivity index is 0.000000145. The molecule has 2 aliphatic heterocycles. The van der Waals surface area contributed by atoms with E-state index in [-0.39, 0.29) is 11.8 Å². The second-order valence-electron chi connectivity index (χ2n) is 16.3. The lowest BCUT2D eigenvalue weighted by molar-refractivity contribution is -0.142. The van der Waals surface area contributed by atoms with Gasteiger partial charge in [0.25, 0.3) is 0 Å². The average molecular weight is 921 g/mol. The van der Waals surface area contributed by atoms with E-state index in [9.17, 15) is 14.7 Å². The number of anilines is 4. The van der Waals surface area contributed by atoms with Gasteiger partial charge in [-0.15, -0.1) is 32.9 Å². The number of carbonyl (C=O) groups excluding carboxylic acids is 1. The third-order valence-corrected chi connectivity index (χ3v) is 16.5. The normalized spacial score (nSPS) is 20.5. The Hall–Kier alpha value is -5.74. The zero-order valence-electron chi connectivity index (χ0n) is 34.3. The van der Waals surface area contributed by atoms with Gasteiger partial charge in [-0.25, -0.2) is 19.9 Å². The molecule has 0 spiro atoms. The molecule has 2 fully saturated rings. The summed E-state index contributed by atoms with van der Waals surface area (Å²) in [6.45, 7) is 1.89. The van der Waals surface area contributed by atoms with Crippen LogP contribution < -0.4 is 20.1 Å². The van der Waals surface area contributed by atoms with Gasteiger partial charge in [-0.05, 0) is 98.3 Å². The SMILES string of the molecule is COc1cc2nnsc2cc1Nc1ncnc2sc3c(c12)CC[C@H](C(=O)N1C[C@H]2C[C@@H]1CN2C)C3.COc1cc2nnsc2cc1Nc1ncnc2sc3c(c12)CC[C@H](C(=O)O)C3. The highest BCUT2D eigenvalue weighted by Gasteiger charge is 2.45. The monoisotopic (exact) mass is 920 g/mol. The van der Waals surface area contributed by atoms with Gasteiger partial charge in [-0.2, -0.15) is 0 Å². The highest BCUT2D eigenvalue weighted by Crippen LogP contribution is 2.44. The summed E-state index contributed by atoms with van der Waals surface area (Å²) < 4.78 is 21.1. The largest absolute Gasteiger partial charge is 0.494 e. The molecule has 8 aromatic rings. The number of likely N-dealkylation sites (tertiary alicyclic amines) is 2. The molecule has 2 saturated heterocycles. The first-order valence-electron chi connectivity index (χ1n) is 20.6. The number of rotatable bonds is 8. The summed E-state index contributed by atoms with van der Waals surface area (Å²) in [6, 6.07) is 8.62. The number of aliphatic carboxylic acids is 1. The lowest BCUT2D eigenvalue weighted by Gasteiger charge is -2.35. The molecule has 1 amide bonds. The van der Waals surface area contributed by atoms with Crippen LogP contribution >= 0.6 is 45.7 Å². The number of thiophene rings is 2. The predicted molar refractivity (Wildman–Crippen MR) is 245 cm³/mol. The lowest BCUT2D eigenvalue weighted by Crippen LogP contribution is -2.49. The van der Waals surface area contributed by atoms with Gasteiger partial charge < -0.3 is 30.1 Å². The molecule has 2 bridgehead atoms. The molecule has 12 rings (SSSR count). The molecule has 0 unspecified atom stereocenters. The van der Waals surface area contributed by atoms with Gasteiger partial charge in [0.2, 0.25) is 5.91 Å².